The Morgan fingerprint density at radius 1 is 0.898 bits per heavy atom. The molecule has 2 fully saturated rings. The fourth-order valence-electron chi connectivity index (χ4n) is 7.16. The van der Waals surface area contributed by atoms with Crippen LogP contribution in [0.4, 0.5) is 4.79 Å². The van der Waals surface area contributed by atoms with Crippen LogP contribution in [0.2, 0.25) is 5.02 Å². The lowest BCUT2D eigenvalue weighted by molar-refractivity contribution is -0.188. The summed E-state index contributed by atoms with van der Waals surface area (Å²) in [7, 11) is 2.66. The summed E-state index contributed by atoms with van der Waals surface area (Å²) in [6, 6.07) is 9.73. The lowest BCUT2D eigenvalue weighted by atomic mass is 10.0. The maximum absolute atomic E-state index is 13.6. The van der Waals surface area contributed by atoms with Crippen LogP contribution in [0.5, 0.6) is 0 Å². The molecular weight excluding hydrogens is 852 g/mol. The number of H-pyrrole nitrogens is 2. The van der Waals surface area contributed by atoms with Crippen molar-refractivity contribution in [1.82, 2.24) is 35.1 Å². The van der Waals surface area contributed by atoms with Crippen molar-refractivity contribution in [3.63, 3.8) is 0 Å². The topological polar surface area (TPSA) is 167 Å². The Balaban J connectivity index is 0.00000300. The summed E-state index contributed by atoms with van der Waals surface area (Å²) in [5, 5.41) is 3.16. The van der Waals surface area contributed by atoms with Gasteiger partial charge in [-0.2, -0.15) is 58.9 Å². The maximum Gasteiger partial charge on any atom is 0.407 e. The average molecular weight is 908 g/mol. The predicted molar refractivity (Wildman–Crippen MR) is 249 cm³/mol. The second-order valence-electron chi connectivity index (χ2n) is 14.4. The van der Waals surface area contributed by atoms with Crippen molar-refractivity contribution >= 4 is 101 Å². The third-order valence-electron chi connectivity index (χ3n) is 10.1. The normalized spacial score (nSPS) is 17.0. The Labute approximate surface area is 378 Å². The first-order valence-corrected chi connectivity index (χ1v) is 18.9. The molecule has 0 unspecified atom stereocenters. The number of amides is 3. The summed E-state index contributed by atoms with van der Waals surface area (Å²) in [5.74, 6) is 7.43. The number of halogens is 1. The Bertz CT molecular complexity index is 2120. The van der Waals surface area contributed by atoms with Gasteiger partial charge in [0.05, 0.1) is 54.3 Å². The van der Waals surface area contributed by atoms with Crippen molar-refractivity contribution in [2.75, 3.05) is 27.3 Å². The number of likely N-dealkylation sites (tertiary alicyclic amines) is 2. The maximum atomic E-state index is 13.6. The molecule has 0 bridgehead atoms. The Morgan fingerprint density at radius 3 is 2.15 bits per heavy atom. The van der Waals surface area contributed by atoms with E-state index >= 15 is 0 Å². The Kier molecular flexibility index (Phi) is 20.1. The number of rotatable bonds is 11. The molecule has 2 aliphatic rings. The van der Waals surface area contributed by atoms with Crippen LogP contribution >= 0.6 is 65.6 Å². The number of aromatic amines is 2. The number of carbonyl (C=O) groups excluding carboxylic acids is 3. The molecule has 2 saturated heterocycles. The van der Waals surface area contributed by atoms with Gasteiger partial charge in [-0.15, -0.1) is 0 Å². The number of ether oxygens (including phenoxy) is 1. The van der Waals surface area contributed by atoms with E-state index in [2.05, 4.69) is 42.0 Å². The first kappa shape index (κ1) is 51.2. The monoisotopic (exact) mass is 906 g/mol. The number of alkyl carbamates (subject to hydrolysis) is 1. The molecule has 4 atom stereocenters. The second kappa shape index (κ2) is 23.1. The molecule has 3 N–H and O–H groups in total. The summed E-state index contributed by atoms with van der Waals surface area (Å²) in [6.45, 7) is 8.87. The third-order valence-corrected chi connectivity index (χ3v) is 10.4. The van der Waals surface area contributed by atoms with Crippen LogP contribution < -0.4 is 5.32 Å². The minimum atomic E-state index is -0.698. The molecule has 0 radical (unpaired) electrons. The lowest BCUT2D eigenvalue weighted by Gasteiger charge is -2.30. The van der Waals surface area contributed by atoms with Gasteiger partial charge >= 0.3 is 6.09 Å². The van der Waals surface area contributed by atoms with Gasteiger partial charge in [-0.25, -0.2) is 19.8 Å². The zero-order valence-electron chi connectivity index (χ0n) is 33.9. The van der Waals surface area contributed by atoms with Gasteiger partial charge in [-0.05, 0) is 67.3 Å². The lowest BCUT2D eigenvalue weighted by Crippen LogP contribution is -2.51. The van der Waals surface area contributed by atoms with Gasteiger partial charge < -0.3 is 34.7 Å². The van der Waals surface area contributed by atoms with Crippen LogP contribution in [-0.4, -0.2) is 93.4 Å². The van der Waals surface area contributed by atoms with Gasteiger partial charge in [-0.3, -0.25) is 9.59 Å². The van der Waals surface area contributed by atoms with Crippen LogP contribution in [0.25, 0.3) is 22.3 Å². The third kappa shape index (κ3) is 11.9. The van der Waals surface area contributed by atoms with Crippen molar-refractivity contribution in [1.29, 1.82) is 0 Å². The number of carbonyl (C=O) groups is 3. The number of aromatic nitrogens is 4. The van der Waals surface area contributed by atoms with E-state index in [0.29, 0.717) is 40.8 Å². The van der Waals surface area contributed by atoms with E-state index in [4.69, 9.17) is 26.2 Å². The molecule has 0 saturated carbocycles. The number of imidazole rings is 2. The fourth-order valence-corrected chi connectivity index (χ4v) is 7.37. The first-order valence-electron chi connectivity index (χ1n) is 18.5. The summed E-state index contributed by atoms with van der Waals surface area (Å²) in [4.78, 5) is 72.6. The molecule has 4 aromatic rings. The van der Waals surface area contributed by atoms with E-state index in [0.717, 1.165) is 54.4 Å². The smallest absolute Gasteiger partial charge is 0.407 e. The van der Waals surface area contributed by atoms with Gasteiger partial charge in [0.25, 0.3) is 0 Å². The summed E-state index contributed by atoms with van der Waals surface area (Å²) in [6.07, 6.45) is 5.53. The van der Waals surface area contributed by atoms with Gasteiger partial charge in [0, 0.05) is 24.2 Å². The summed E-state index contributed by atoms with van der Waals surface area (Å²) >= 11 is 6.69. The standard InChI is InChI=1S/C40H47ClN8O6.4H2S/c1-23(2)34(43-22-55-54-6)38(50)49-18-8-10-33(49)37-44-29-19-27(28(41)20-30(29)45-37)16-13-25-11-14-26(15-12-25)31-21-42-36(46-31)32-9-7-17-48(32)39(51)35(24(3)4)47-40(52)53-5;;;;/h11-12,14-15,19-24,32-35H,7-10,17-18H2,1-6H3,(H,42,46)(H,44,45)(H,47,52);4*1H2/t32-,33-,34-,35-;;;;/m0..../s1. The molecule has 2 aliphatic heterocycles. The quantitative estimate of drug-likeness (QED) is 0.0486. The van der Waals surface area contributed by atoms with Crippen LogP contribution in [-0.2, 0) is 24.1 Å². The molecule has 2 aromatic heterocycles. The molecule has 3 amide bonds. The van der Waals surface area contributed by atoms with E-state index in [1.165, 1.54) is 14.2 Å². The van der Waals surface area contributed by atoms with E-state index in [1.54, 1.807) is 17.2 Å². The van der Waals surface area contributed by atoms with E-state index in [-0.39, 0.29) is 89.7 Å². The molecule has 2 aromatic carbocycles. The first-order chi connectivity index (χ1) is 26.5. The van der Waals surface area contributed by atoms with Gasteiger partial charge in [0.1, 0.15) is 23.7 Å². The number of nitrogens with zero attached hydrogens (tertiary/aromatic N) is 5. The number of nitrogens with one attached hydrogen (secondary N) is 3. The summed E-state index contributed by atoms with van der Waals surface area (Å²) in [5.41, 5.74) is 4.67. The second-order valence-corrected chi connectivity index (χ2v) is 14.8. The minimum absolute atomic E-state index is 0. The van der Waals surface area contributed by atoms with Crippen molar-refractivity contribution < 1.29 is 28.9 Å². The van der Waals surface area contributed by atoms with E-state index in [1.807, 2.05) is 62.9 Å². The number of hydrogen-bond acceptors (Lipinski definition) is 9. The van der Waals surface area contributed by atoms with Gasteiger partial charge in [-0.1, -0.05) is 63.3 Å². The predicted octanol–water partition coefficient (Wildman–Crippen LogP) is 6.80. The molecular formula is C40H55ClN8O6S4. The highest BCUT2D eigenvalue weighted by molar-refractivity contribution is 7.59. The molecule has 4 heterocycles. The van der Waals surface area contributed by atoms with Crippen molar-refractivity contribution in [3.05, 3.63) is 70.4 Å². The van der Waals surface area contributed by atoms with Gasteiger partial charge in [0.15, 0.2) is 0 Å². The summed E-state index contributed by atoms with van der Waals surface area (Å²) < 4.78 is 4.75. The largest absolute Gasteiger partial charge is 0.453 e. The SMILES string of the molecule is COOC=N[C@H](C(=O)N1CCC[C@H]1c1nc2cc(Cl)c(C#Cc3ccc(-c4cnc([C@@H]5CCCN5C(=O)[C@@H](NC(=O)OC)C(C)C)[nH]4)cc3)cc2[nH]1)C(C)C.S.S.S.S. The number of fused-ring (bicyclic) bond motifs is 1. The Hall–Kier alpha value is -3.99. The molecule has 19 heteroatoms. The fraction of sp³-hybridized carbons (Fsp3) is 0.450. The van der Waals surface area contributed by atoms with Crippen LogP contribution in [0.1, 0.15) is 88.2 Å². The van der Waals surface area contributed by atoms with E-state index in [9.17, 15) is 14.4 Å². The zero-order chi connectivity index (χ0) is 39.2. The highest BCUT2D eigenvalue weighted by Gasteiger charge is 2.38. The highest BCUT2D eigenvalue weighted by Crippen LogP contribution is 2.35. The zero-order valence-corrected chi connectivity index (χ0v) is 38.6. The molecule has 14 nitrogen and oxygen atoms in total. The molecule has 0 aliphatic carbocycles. The van der Waals surface area contributed by atoms with Crippen LogP contribution in [0.15, 0.2) is 47.6 Å². The van der Waals surface area contributed by atoms with Crippen molar-refractivity contribution in [2.24, 2.45) is 16.8 Å². The number of hydrogen-bond donors (Lipinski definition) is 3. The average Bonchev–Trinajstić information content (AvgIpc) is 4.00. The van der Waals surface area contributed by atoms with Crippen molar-refractivity contribution in [2.45, 2.75) is 77.5 Å². The Morgan fingerprint density at radius 2 is 1.54 bits per heavy atom. The van der Waals surface area contributed by atoms with E-state index < -0.39 is 18.2 Å². The highest BCUT2D eigenvalue weighted by atomic mass is 35.5. The van der Waals surface area contributed by atoms with Crippen molar-refractivity contribution in [3.8, 4) is 23.1 Å². The van der Waals surface area contributed by atoms with Crippen LogP contribution in [0.3, 0.4) is 0 Å². The minimum Gasteiger partial charge on any atom is -0.453 e. The number of benzene rings is 2. The van der Waals surface area contributed by atoms with Gasteiger partial charge in [0.2, 0.25) is 18.2 Å². The molecule has 0 spiro atoms. The number of methoxy groups -OCH3 is 1. The molecule has 59 heavy (non-hydrogen) atoms. The molecule has 322 valence electrons. The van der Waals surface area contributed by atoms with Crippen LogP contribution in [0, 0.1) is 23.7 Å². The number of aliphatic imine (C=N–C) groups is 1. The molecule has 6 rings (SSSR count).